The Balaban J connectivity index is 1.53. The van der Waals surface area contributed by atoms with Gasteiger partial charge in [-0.1, -0.05) is 19.3 Å². The lowest BCUT2D eigenvalue weighted by Gasteiger charge is -2.21. The van der Waals surface area contributed by atoms with Crippen LogP contribution in [0.3, 0.4) is 0 Å². The zero-order valence-electron chi connectivity index (χ0n) is 10.8. The molecule has 0 radical (unpaired) electrons. The summed E-state index contributed by atoms with van der Waals surface area (Å²) < 4.78 is 0. The van der Waals surface area contributed by atoms with Gasteiger partial charge in [0.25, 0.3) is 0 Å². The van der Waals surface area contributed by atoms with Gasteiger partial charge in [-0.3, -0.25) is 4.79 Å². The van der Waals surface area contributed by atoms with Gasteiger partial charge >= 0.3 is 0 Å². The van der Waals surface area contributed by atoms with Crippen molar-refractivity contribution in [3.8, 4) is 0 Å². The molecular formula is C14H26N2O. The van der Waals surface area contributed by atoms with E-state index in [9.17, 15) is 4.79 Å². The molecule has 1 aliphatic carbocycles. The van der Waals surface area contributed by atoms with Crippen LogP contribution in [0.4, 0.5) is 0 Å². The van der Waals surface area contributed by atoms with Crippen LogP contribution in [0.5, 0.6) is 0 Å². The summed E-state index contributed by atoms with van der Waals surface area (Å²) in [5.74, 6) is 0.934. The highest BCUT2D eigenvalue weighted by Crippen LogP contribution is 2.25. The molecule has 1 saturated carbocycles. The van der Waals surface area contributed by atoms with Gasteiger partial charge in [-0.05, 0) is 44.6 Å². The fourth-order valence-electron chi connectivity index (χ4n) is 3.11. The third-order valence-electron chi connectivity index (χ3n) is 4.18. The molecule has 98 valence electrons. The van der Waals surface area contributed by atoms with Crippen LogP contribution in [0.15, 0.2) is 0 Å². The Kier molecular flexibility index (Phi) is 5.30. The van der Waals surface area contributed by atoms with Gasteiger partial charge in [0.2, 0.25) is 5.91 Å². The van der Waals surface area contributed by atoms with Crippen LogP contribution in [0.25, 0.3) is 0 Å². The molecule has 1 aliphatic heterocycles. The molecule has 3 heteroatoms. The van der Waals surface area contributed by atoms with E-state index in [-0.39, 0.29) is 5.91 Å². The second kappa shape index (κ2) is 7.00. The predicted octanol–water partition coefficient (Wildman–Crippen LogP) is 2.22. The van der Waals surface area contributed by atoms with Gasteiger partial charge in [-0.25, -0.2) is 0 Å². The standard InChI is InChI=1S/C14H26N2O/c17-14(11-12-5-2-1-3-6-12)16-10-8-13-7-4-9-15-13/h12-13,15H,1-11H2,(H,16,17)/t13-/m1/s1. The highest BCUT2D eigenvalue weighted by molar-refractivity contribution is 5.76. The van der Waals surface area contributed by atoms with Crippen LogP contribution in [0, 0.1) is 5.92 Å². The molecule has 0 aromatic heterocycles. The molecule has 1 atom stereocenters. The molecule has 0 aromatic carbocycles. The van der Waals surface area contributed by atoms with Crippen LogP contribution in [0.1, 0.15) is 57.8 Å². The minimum absolute atomic E-state index is 0.273. The van der Waals surface area contributed by atoms with Crippen molar-refractivity contribution in [2.24, 2.45) is 5.92 Å². The van der Waals surface area contributed by atoms with Gasteiger partial charge in [0.1, 0.15) is 0 Å². The van der Waals surface area contributed by atoms with Crippen LogP contribution >= 0.6 is 0 Å². The first-order valence-electron chi connectivity index (χ1n) is 7.34. The Bertz CT molecular complexity index is 230. The van der Waals surface area contributed by atoms with Crippen molar-refractivity contribution < 1.29 is 4.79 Å². The lowest BCUT2D eigenvalue weighted by Crippen LogP contribution is -2.31. The minimum Gasteiger partial charge on any atom is -0.356 e. The van der Waals surface area contributed by atoms with E-state index in [0.717, 1.165) is 25.9 Å². The SMILES string of the molecule is O=C(CC1CCCCC1)NCC[C@H]1CCCN1. The van der Waals surface area contributed by atoms with Crippen LogP contribution in [0.2, 0.25) is 0 Å². The number of hydrogen-bond donors (Lipinski definition) is 2. The average molecular weight is 238 g/mol. The molecule has 0 unspecified atom stereocenters. The summed E-state index contributed by atoms with van der Waals surface area (Å²) in [5.41, 5.74) is 0. The number of hydrogen-bond acceptors (Lipinski definition) is 2. The lowest BCUT2D eigenvalue weighted by molar-refractivity contribution is -0.122. The summed E-state index contributed by atoms with van der Waals surface area (Å²) >= 11 is 0. The van der Waals surface area contributed by atoms with E-state index in [1.807, 2.05) is 0 Å². The summed E-state index contributed by atoms with van der Waals surface area (Å²) in [7, 11) is 0. The summed E-state index contributed by atoms with van der Waals surface area (Å²) in [5, 5.41) is 6.54. The van der Waals surface area contributed by atoms with Crippen molar-refractivity contribution >= 4 is 5.91 Å². The van der Waals surface area contributed by atoms with Crippen molar-refractivity contribution in [1.82, 2.24) is 10.6 Å². The molecule has 0 spiro atoms. The highest BCUT2D eigenvalue weighted by Gasteiger charge is 2.17. The van der Waals surface area contributed by atoms with Crippen LogP contribution in [-0.4, -0.2) is 25.0 Å². The molecule has 0 bridgehead atoms. The van der Waals surface area contributed by atoms with E-state index < -0.39 is 0 Å². The van der Waals surface area contributed by atoms with Crippen LogP contribution < -0.4 is 10.6 Å². The fourth-order valence-corrected chi connectivity index (χ4v) is 3.11. The quantitative estimate of drug-likeness (QED) is 0.771. The monoisotopic (exact) mass is 238 g/mol. The van der Waals surface area contributed by atoms with Gasteiger partial charge in [-0.15, -0.1) is 0 Å². The number of rotatable bonds is 5. The molecule has 2 fully saturated rings. The smallest absolute Gasteiger partial charge is 0.220 e. The lowest BCUT2D eigenvalue weighted by atomic mass is 9.87. The Morgan fingerprint density at radius 3 is 2.65 bits per heavy atom. The van der Waals surface area contributed by atoms with Crippen molar-refractivity contribution in [3.63, 3.8) is 0 Å². The van der Waals surface area contributed by atoms with Crippen molar-refractivity contribution in [1.29, 1.82) is 0 Å². The summed E-state index contributed by atoms with van der Waals surface area (Å²) in [4.78, 5) is 11.8. The van der Waals surface area contributed by atoms with E-state index in [0.29, 0.717) is 12.0 Å². The topological polar surface area (TPSA) is 41.1 Å². The summed E-state index contributed by atoms with van der Waals surface area (Å²) in [6.07, 6.45) is 11.0. The summed E-state index contributed by atoms with van der Waals surface area (Å²) in [6.45, 7) is 2.00. The fraction of sp³-hybridized carbons (Fsp3) is 0.929. The Morgan fingerprint density at radius 1 is 1.12 bits per heavy atom. The second-order valence-electron chi connectivity index (χ2n) is 5.64. The molecule has 1 saturated heterocycles. The predicted molar refractivity (Wildman–Crippen MR) is 69.8 cm³/mol. The number of nitrogens with one attached hydrogen (secondary N) is 2. The molecule has 2 aliphatic rings. The molecular weight excluding hydrogens is 212 g/mol. The van der Waals surface area contributed by atoms with Crippen molar-refractivity contribution in [3.05, 3.63) is 0 Å². The van der Waals surface area contributed by atoms with Crippen molar-refractivity contribution in [2.45, 2.75) is 63.8 Å². The normalized spacial score (nSPS) is 26.0. The molecule has 1 heterocycles. The van der Waals surface area contributed by atoms with Gasteiger partial charge < -0.3 is 10.6 Å². The first-order chi connectivity index (χ1) is 8.34. The van der Waals surface area contributed by atoms with E-state index >= 15 is 0 Å². The molecule has 2 rings (SSSR count). The molecule has 2 N–H and O–H groups in total. The van der Waals surface area contributed by atoms with E-state index in [2.05, 4.69) is 10.6 Å². The third kappa shape index (κ3) is 4.66. The second-order valence-corrected chi connectivity index (χ2v) is 5.64. The summed E-state index contributed by atoms with van der Waals surface area (Å²) in [6, 6.07) is 0.644. The Labute approximate surface area is 105 Å². The van der Waals surface area contributed by atoms with Crippen molar-refractivity contribution in [2.75, 3.05) is 13.1 Å². The number of carbonyl (C=O) groups is 1. The molecule has 3 nitrogen and oxygen atoms in total. The minimum atomic E-state index is 0.273. The molecule has 1 amide bonds. The zero-order chi connectivity index (χ0) is 11.9. The average Bonchev–Trinajstić information content (AvgIpc) is 2.83. The van der Waals surface area contributed by atoms with Gasteiger partial charge in [-0.2, -0.15) is 0 Å². The maximum absolute atomic E-state index is 11.8. The first-order valence-corrected chi connectivity index (χ1v) is 7.34. The van der Waals surface area contributed by atoms with Gasteiger partial charge in [0.05, 0.1) is 0 Å². The maximum atomic E-state index is 11.8. The van der Waals surface area contributed by atoms with E-state index in [4.69, 9.17) is 0 Å². The van der Waals surface area contributed by atoms with Gasteiger partial charge in [0.15, 0.2) is 0 Å². The highest BCUT2D eigenvalue weighted by atomic mass is 16.1. The molecule has 0 aromatic rings. The third-order valence-corrected chi connectivity index (χ3v) is 4.18. The number of amides is 1. The first kappa shape index (κ1) is 12.9. The Hall–Kier alpha value is -0.570. The maximum Gasteiger partial charge on any atom is 0.220 e. The van der Waals surface area contributed by atoms with Gasteiger partial charge in [0, 0.05) is 19.0 Å². The van der Waals surface area contributed by atoms with Crippen LogP contribution in [-0.2, 0) is 4.79 Å². The van der Waals surface area contributed by atoms with E-state index in [1.165, 1.54) is 44.9 Å². The Morgan fingerprint density at radius 2 is 1.94 bits per heavy atom. The van der Waals surface area contributed by atoms with E-state index in [1.54, 1.807) is 0 Å². The largest absolute Gasteiger partial charge is 0.356 e. The molecule has 17 heavy (non-hydrogen) atoms. The number of carbonyl (C=O) groups excluding carboxylic acids is 1. The zero-order valence-corrected chi connectivity index (χ0v) is 10.8.